The molecule has 5 heteroatoms. The van der Waals surface area contributed by atoms with Crippen LogP contribution in [0.3, 0.4) is 0 Å². The number of aliphatic carboxylic acids is 1. The molecule has 0 aromatic heterocycles. The van der Waals surface area contributed by atoms with Crippen molar-refractivity contribution in [1.82, 2.24) is 4.90 Å². The number of hydrogen-bond acceptors (Lipinski definition) is 3. The largest absolute Gasteiger partial charge is 0.480 e. The van der Waals surface area contributed by atoms with Crippen LogP contribution >= 0.6 is 0 Å². The molecule has 1 atom stereocenters. The molecule has 0 bridgehead atoms. The zero-order valence-corrected chi connectivity index (χ0v) is 9.85. The molecular weight excluding hydrogens is 208 g/mol. The number of carbonyl (C=O) groups is 2. The molecule has 0 spiro atoms. The lowest BCUT2D eigenvalue weighted by molar-refractivity contribution is -0.145. The molecule has 0 fully saturated rings. The summed E-state index contributed by atoms with van der Waals surface area (Å²) in [5.41, 5.74) is 5.62. The molecule has 0 aromatic carbocycles. The van der Waals surface area contributed by atoms with E-state index in [1.807, 2.05) is 13.8 Å². The number of carboxylic acids is 1. The van der Waals surface area contributed by atoms with Gasteiger partial charge in [-0.2, -0.15) is 0 Å². The number of nitrogens with two attached hydrogens (primary N) is 1. The lowest BCUT2D eigenvalue weighted by Gasteiger charge is -2.25. The lowest BCUT2D eigenvalue weighted by atomic mass is 10.1. The first-order valence-electron chi connectivity index (χ1n) is 5.25. The van der Waals surface area contributed by atoms with Crippen LogP contribution in [-0.2, 0) is 9.59 Å². The smallest absolute Gasteiger partial charge is 0.323 e. The van der Waals surface area contributed by atoms with Crippen molar-refractivity contribution in [2.45, 2.75) is 26.3 Å². The third-order valence-corrected chi connectivity index (χ3v) is 1.96. The average molecular weight is 228 g/mol. The van der Waals surface area contributed by atoms with E-state index in [4.69, 9.17) is 10.8 Å². The van der Waals surface area contributed by atoms with Gasteiger partial charge in [-0.15, -0.1) is 6.58 Å². The van der Waals surface area contributed by atoms with Crippen molar-refractivity contribution in [3.63, 3.8) is 0 Å². The number of nitrogens with zero attached hydrogens (tertiary/aromatic N) is 1. The predicted octanol–water partition coefficient (Wildman–Crippen LogP) is 0.459. The SMILES string of the molecule is C=CCC(N)C(=O)N(CC(=O)O)CC(C)C. The van der Waals surface area contributed by atoms with Crippen LogP contribution in [0.25, 0.3) is 0 Å². The second kappa shape index (κ2) is 7.00. The topological polar surface area (TPSA) is 83.6 Å². The summed E-state index contributed by atoms with van der Waals surface area (Å²) in [4.78, 5) is 23.7. The zero-order chi connectivity index (χ0) is 12.7. The fourth-order valence-electron chi connectivity index (χ4n) is 1.35. The molecule has 0 aliphatic carbocycles. The summed E-state index contributed by atoms with van der Waals surface area (Å²) in [5.74, 6) is -1.16. The molecule has 0 saturated heterocycles. The molecule has 5 nitrogen and oxygen atoms in total. The van der Waals surface area contributed by atoms with Crippen molar-refractivity contribution in [1.29, 1.82) is 0 Å². The zero-order valence-electron chi connectivity index (χ0n) is 9.85. The molecule has 0 heterocycles. The molecule has 1 amide bonds. The Morgan fingerprint density at radius 3 is 2.44 bits per heavy atom. The van der Waals surface area contributed by atoms with Crippen LogP contribution in [0.4, 0.5) is 0 Å². The van der Waals surface area contributed by atoms with Gasteiger partial charge in [-0.3, -0.25) is 9.59 Å². The van der Waals surface area contributed by atoms with E-state index < -0.39 is 12.0 Å². The minimum Gasteiger partial charge on any atom is -0.480 e. The molecule has 0 aliphatic rings. The Labute approximate surface area is 95.9 Å². The summed E-state index contributed by atoms with van der Waals surface area (Å²) in [5, 5.41) is 8.70. The average Bonchev–Trinajstić information content (AvgIpc) is 2.14. The number of amides is 1. The highest BCUT2D eigenvalue weighted by atomic mass is 16.4. The Morgan fingerprint density at radius 1 is 1.50 bits per heavy atom. The monoisotopic (exact) mass is 228 g/mol. The van der Waals surface area contributed by atoms with Gasteiger partial charge < -0.3 is 15.7 Å². The predicted molar refractivity (Wildman–Crippen MR) is 61.8 cm³/mol. The number of carbonyl (C=O) groups excluding carboxylic acids is 1. The highest BCUT2D eigenvalue weighted by molar-refractivity contribution is 5.85. The molecule has 1 unspecified atom stereocenters. The summed E-state index contributed by atoms with van der Waals surface area (Å²) in [6.45, 7) is 7.43. The molecule has 3 N–H and O–H groups in total. The van der Waals surface area contributed by atoms with E-state index >= 15 is 0 Å². The van der Waals surface area contributed by atoms with E-state index in [-0.39, 0.29) is 18.4 Å². The molecule has 16 heavy (non-hydrogen) atoms. The van der Waals surface area contributed by atoms with Crippen LogP contribution in [0.5, 0.6) is 0 Å². The Morgan fingerprint density at radius 2 is 2.06 bits per heavy atom. The van der Waals surface area contributed by atoms with Crippen LogP contribution in [0.15, 0.2) is 12.7 Å². The minimum absolute atomic E-state index is 0.208. The lowest BCUT2D eigenvalue weighted by Crippen LogP contribution is -2.47. The Bertz CT molecular complexity index is 264. The van der Waals surface area contributed by atoms with E-state index in [1.54, 1.807) is 6.08 Å². The first-order valence-corrected chi connectivity index (χ1v) is 5.25. The van der Waals surface area contributed by atoms with Crippen molar-refractivity contribution in [2.75, 3.05) is 13.1 Å². The standard InChI is InChI=1S/C11H20N2O3/c1-4-5-9(12)11(16)13(6-8(2)3)7-10(14)15/h4,8-9H,1,5-7,12H2,2-3H3,(H,14,15). The van der Waals surface area contributed by atoms with Gasteiger partial charge in [0.15, 0.2) is 0 Å². The van der Waals surface area contributed by atoms with Gasteiger partial charge in [-0.1, -0.05) is 19.9 Å². The van der Waals surface area contributed by atoms with Gasteiger partial charge in [0, 0.05) is 6.54 Å². The molecule has 0 aliphatic heterocycles. The van der Waals surface area contributed by atoms with Crippen LogP contribution in [0.2, 0.25) is 0 Å². The first kappa shape index (κ1) is 14.6. The number of carboxylic acid groups (broad SMARTS) is 1. The van der Waals surface area contributed by atoms with E-state index in [0.29, 0.717) is 13.0 Å². The highest BCUT2D eigenvalue weighted by Crippen LogP contribution is 2.03. The molecule has 92 valence electrons. The van der Waals surface area contributed by atoms with Gasteiger partial charge in [-0.25, -0.2) is 0 Å². The fraction of sp³-hybridized carbons (Fsp3) is 0.636. The third-order valence-electron chi connectivity index (χ3n) is 1.96. The van der Waals surface area contributed by atoms with Gasteiger partial charge >= 0.3 is 5.97 Å². The van der Waals surface area contributed by atoms with E-state index in [9.17, 15) is 9.59 Å². The number of rotatable bonds is 7. The summed E-state index contributed by atoms with van der Waals surface area (Å²) < 4.78 is 0. The van der Waals surface area contributed by atoms with Crippen molar-refractivity contribution in [3.8, 4) is 0 Å². The number of hydrogen-bond donors (Lipinski definition) is 2. The first-order chi connectivity index (χ1) is 7.38. The van der Waals surface area contributed by atoms with Gasteiger partial charge in [0.2, 0.25) is 5.91 Å². The molecule has 0 rings (SSSR count). The van der Waals surface area contributed by atoms with Crippen LogP contribution in [0, 0.1) is 5.92 Å². The normalized spacial score (nSPS) is 12.2. The van der Waals surface area contributed by atoms with Crippen molar-refractivity contribution in [2.24, 2.45) is 11.7 Å². The van der Waals surface area contributed by atoms with Crippen LogP contribution in [0.1, 0.15) is 20.3 Å². The second-order valence-electron chi connectivity index (χ2n) is 4.14. The molecular formula is C11H20N2O3. The van der Waals surface area contributed by atoms with Crippen molar-refractivity contribution < 1.29 is 14.7 Å². The Kier molecular flexibility index (Phi) is 6.41. The van der Waals surface area contributed by atoms with Crippen molar-refractivity contribution >= 4 is 11.9 Å². The van der Waals surface area contributed by atoms with E-state index in [0.717, 1.165) is 0 Å². The summed E-state index contributed by atoms with van der Waals surface area (Å²) in [7, 11) is 0. The van der Waals surface area contributed by atoms with Crippen LogP contribution in [-0.4, -0.2) is 41.0 Å². The quantitative estimate of drug-likeness (QED) is 0.620. The third kappa shape index (κ3) is 5.50. The van der Waals surface area contributed by atoms with Gasteiger partial charge in [-0.05, 0) is 12.3 Å². The second-order valence-corrected chi connectivity index (χ2v) is 4.14. The maximum absolute atomic E-state index is 11.8. The van der Waals surface area contributed by atoms with E-state index in [1.165, 1.54) is 4.90 Å². The van der Waals surface area contributed by atoms with Crippen LogP contribution < -0.4 is 5.73 Å². The fourth-order valence-corrected chi connectivity index (χ4v) is 1.35. The Hall–Kier alpha value is -1.36. The van der Waals surface area contributed by atoms with Gasteiger partial charge in [0.1, 0.15) is 6.54 Å². The van der Waals surface area contributed by atoms with E-state index in [2.05, 4.69) is 6.58 Å². The minimum atomic E-state index is -1.03. The Balaban J connectivity index is 4.53. The summed E-state index contributed by atoms with van der Waals surface area (Å²) in [6.07, 6.45) is 1.91. The maximum atomic E-state index is 11.8. The molecule has 0 aromatic rings. The molecule has 0 saturated carbocycles. The summed E-state index contributed by atoms with van der Waals surface area (Å²) in [6, 6.07) is -0.699. The van der Waals surface area contributed by atoms with Gasteiger partial charge in [0.25, 0.3) is 0 Å². The maximum Gasteiger partial charge on any atom is 0.323 e. The molecule has 0 radical (unpaired) electrons. The highest BCUT2D eigenvalue weighted by Gasteiger charge is 2.22. The van der Waals surface area contributed by atoms with Gasteiger partial charge in [0.05, 0.1) is 6.04 Å². The van der Waals surface area contributed by atoms with Crippen molar-refractivity contribution in [3.05, 3.63) is 12.7 Å². The summed E-state index contributed by atoms with van der Waals surface area (Å²) >= 11 is 0.